The molecule has 0 spiro atoms. The number of aryl methyl sites for hydroxylation is 1. The maximum absolute atomic E-state index is 10.2. The average molecular weight is 442 g/mol. The van der Waals surface area contributed by atoms with Crippen LogP contribution in [0, 0.1) is 6.92 Å². The summed E-state index contributed by atoms with van der Waals surface area (Å²) in [5.74, 6) is 1.44. The van der Waals surface area contributed by atoms with Gasteiger partial charge < -0.3 is 20.6 Å². The van der Waals surface area contributed by atoms with Gasteiger partial charge in [-0.3, -0.25) is 4.90 Å². The normalized spacial score (nSPS) is 22.0. The Bertz CT molecular complexity index is 978. The lowest BCUT2D eigenvalue weighted by Crippen LogP contribution is -2.52. The summed E-state index contributed by atoms with van der Waals surface area (Å²) in [4.78, 5) is 19.4. The Hall–Kier alpha value is -2.49. The summed E-state index contributed by atoms with van der Waals surface area (Å²) in [6, 6.07) is 0.268. The summed E-state index contributed by atoms with van der Waals surface area (Å²) < 4.78 is 0. The molecule has 4 heterocycles. The number of nitrogens with zero attached hydrogens (tertiary/aromatic N) is 5. The van der Waals surface area contributed by atoms with Crippen LogP contribution in [0.15, 0.2) is 29.9 Å². The number of anilines is 3. The third-order valence-electron chi connectivity index (χ3n) is 6.11. The van der Waals surface area contributed by atoms with Crippen LogP contribution in [0.4, 0.5) is 17.5 Å². The number of piperazine rings is 1. The molecular formula is C22H31N7OS. The molecule has 3 N–H and O–H groups in total. The summed E-state index contributed by atoms with van der Waals surface area (Å²) in [6.07, 6.45) is 5.27. The zero-order valence-electron chi connectivity index (χ0n) is 18.6. The highest BCUT2D eigenvalue weighted by Crippen LogP contribution is 2.32. The van der Waals surface area contributed by atoms with Crippen LogP contribution in [0.3, 0.4) is 0 Å². The molecule has 8 nitrogen and oxygen atoms in total. The number of nitrogens with one attached hydrogen (secondary N) is 2. The van der Waals surface area contributed by atoms with Gasteiger partial charge in [0.2, 0.25) is 5.95 Å². The van der Waals surface area contributed by atoms with Gasteiger partial charge in [-0.1, -0.05) is 12.7 Å². The molecule has 0 amide bonds. The minimum atomic E-state index is -0.693. The molecule has 0 aromatic carbocycles. The van der Waals surface area contributed by atoms with E-state index < -0.39 is 11.8 Å². The molecule has 2 aromatic rings. The molecule has 9 heteroatoms. The largest absolute Gasteiger partial charge is 0.371 e. The number of aliphatic hydroxyl groups excluding tert-OH is 1. The van der Waals surface area contributed by atoms with Crippen molar-refractivity contribution in [3.63, 3.8) is 0 Å². The lowest BCUT2D eigenvalue weighted by molar-refractivity contribution is 0.137. The van der Waals surface area contributed by atoms with Gasteiger partial charge in [-0.25, -0.2) is 9.97 Å². The van der Waals surface area contributed by atoms with Crippen LogP contribution < -0.4 is 15.5 Å². The first kappa shape index (κ1) is 21.7. The minimum Gasteiger partial charge on any atom is -0.371 e. The Morgan fingerprint density at radius 1 is 1.32 bits per heavy atom. The van der Waals surface area contributed by atoms with Crippen LogP contribution in [0.25, 0.3) is 6.08 Å². The van der Waals surface area contributed by atoms with Crippen molar-refractivity contribution >= 4 is 34.9 Å². The van der Waals surface area contributed by atoms with Crippen LogP contribution in [0.5, 0.6) is 0 Å². The van der Waals surface area contributed by atoms with E-state index in [0.29, 0.717) is 5.95 Å². The number of hydrogen-bond acceptors (Lipinski definition) is 9. The quantitative estimate of drug-likeness (QED) is 0.611. The number of fused-ring (bicyclic) bond motifs is 1. The fraction of sp³-hybridized carbons (Fsp3) is 0.500. The summed E-state index contributed by atoms with van der Waals surface area (Å²) in [5, 5.41) is 16.5. The molecule has 2 aliphatic rings. The minimum absolute atomic E-state index is 0.268. The summed E-state index contributed by atoms with van der Waals surface area (Å²) in [5.41, 5.74) is 4.25. The zero-order valence-corrected chi connectivity index (χ0v) is 19.4. The first-order valence-corrected chi connectivity index (χ1v) is 11.5. The summed E-state index contributed by atoms with van der Waals surface area (Å²) >= 11 is 1.65. The fourth-order valence-corrected chi connectivity index (χ4v) is 4.46. The Labute approximate surface area is 187 Å². The highest BCUT2D eigenvalue weighted by Gasteiger charge is 2.34. The van der Waals surface area contributed by atoms with Crippen molar-refractivity contribution < 1.29 is 5.11 Å². The third-order valence-corrected chi connectivity index (χ3v) is 7.00. The van der Waals surface area contributed by atoms with E-state index in [0.717, 1.165) is 49.0 Å². The molecular weight excluding hydrogens is 410 g/mol. The van der Waals surface area contributed by atoms with Gasteiger partial charge in [-0.2, -0.15) is 4.98 Å². The van der Waals surface area contributed by atoms with E-state index in [9.17, 15) is 5.11 Å². The van der Waals surface area contributed by atoms with E-state index in [4.69, 9.17) is 4.98 Å². The molecule has 1 fully saturated rings. The van der Waals surface area contributed by atoms with E-state index in [2.05, 4.69) is 56.1 Å². The second-order valence-corrected chi connectivity index (χ2v) is 9.62. The molecule has 31 heavy (non-hydrogen) atoms. The Morgan fingerprint density at radius 3 is 2.74 bits per heavy atom. The molecule has 0 bridgehead atoms. The average Bonchev–Trinajstić information content (AvgIpc) is 3.16. The molecule has 0 radical (unpaired) electrons. The van der Waals surface area contributed by atoms with E-state index in [1.165, 1.54) is 4.88 Å². The Kier molecular flexibility index (Phi) is 6.00. The van der Waals surface area contributed by atoms with Gasteiger partial charge >= 0.3 is 0 Å². The molecule has 2 aromatic heterocycles. The standard InChI is InChI=1S/C22H31N7OS/c1-14(6-7-18-15(2)24-13-31-18)16(3)28-8-10-29(11-9-28)21-23-12-17-19(26-21)27-22(4,5)20(30)25-17/h6-7,12-13,16,20,25,30H,1,8-11H2,2-5H3,(H,23,26,27)/b7-6-. The van der Waals surface area contributed by atoms with Gasteiger partial charge in [0, 0.05) is 37.1 Å². The lowest BCUT2D eigenvalue weighted by Gasteiger charge is -2.40. The van der Waals surface area contributed by atoms with E-state index in [1.54, 1.807) is 17.5 Å². The van der Waals surface area contributed by atoms with Crippen molar-refractivity contribution in [2.45, 2.75) is 45.5 Å². The van der Waals surface area contributed by atoms with Gasteiger partial charge in [0.25, 0.3) is 0 Å². The number of hydrogen-bond donors (Lipinski definition) is 3. The van der Waals surface area contributed by atoms with Crippen LogP contribution in [0.1, 0.15) is 31.3 Å². The van der Waals surface area contributed by atoms with Crippen LogP contribution in [-0.4, -0.2) is 68.9 Å². The molecule has 166 valence electrons. The van der Waals surface area contributed by atoms with Crippen molar-refractivity contribution in [2.75, 3.05) is 41.7 Å². The fourth-order valence-electron chi connectivity index (χ4n) is 3.76. The van der Waals surface area contributed by atoms with E-state index in [-0.39, 0.29) is 6.04 Å². The number of aromatic nitrogens is 3. The van der Waals surface area contributed by atoms with Crippen LogP contribution >= 0.6 is 11.3 Å². The number of rotatable bonds is 5. The Morgan fingerprint density at radius 2 is 2.06 bits per heavy atom. The molecule has 0 aliphatic carbocycles. The van der Waals surface area contributed by atoms with Crippen molar-refractivity contribution in [3.8, 4) is 0 Å². The van der Waals surface area contributed by atoms with Crippen molar-refractivity contribution in [1.82, 2.24) is 19.9 Å². The van der Waals surface area contributed by atoms with E-state index >= 15 is 0 Å². The predicted molar refractivity (Wildman–Crippen MR) is 128 cm³/mol. The highest BCUT2D eigenvalue weighted by molar-refractivity contribution is 7.10. The second kappa shape index (κ2) is 8.57. The van der Waals surface area contributed by atoms with Crippen LogP contribution in [-0.2, 0) is 0 Å². The van der Waals surface area contributed by atoms with Gasteiger partial charge in [0.1, 0.15) is 6.23 Å². The summed E-state index contributed by atoms with van der Waals surface area (Å²) in [7, 11) is 0. The maximum atomic E-state index is 10.2. The number of thiazole rings is 1. The van der Waals surface area contributed by atoms with Gasteiger partial charge in [-0.15, -0.1) is 11.3 Å². The maximum Gasteiger partial charge on any atom is 0.227 e. The first-order chi connectivity index (χ1) is 14.7. The Balaban J connectivity index is 1.36. The van der Waals surface area contributed by atoms with Gasteiger partial charge in [0.15, 0.2) is 5.82 Å². The van der Waals surface area contributed by atoms with Crippen LogP contribution in [0.2, 0.25) is 0 Å². The third kappa shape index (κ3) is 4.58. The molecule has 1 saturated heterocycles. The topological polar surface area (TPSA) is 89.4 Å². The van der Waals surface area contributed by atoms with Gasteiger partial charge in [-0.05, 0) is 39.3 Å². The molecule has 0 saturated carbocycles. The molecule has 4 rings (SSSR count). The van der Waals surface area contributed by atoms with Crippen molar-refractivity contribution in [2.24, 2.45) is 0 Å². The molecule has 2 aliphatic heterocycles. The zero-order chi connectivity index (χ0) is 22.2. The SMILES string of the molecule is C=C(/C=C\c1scnc1C)C(C)N1CCN(c2ncc3c(n2)NC(C)(C)C(O)N3)CC1. The number of aliphatic hydroxyl groups is 1. The second-order valence-electron chi connectivity index (χ2n) is 8.74. The van der Waals surface area contributed by atoms with Gasteiger partial charge in [0.05, 0.1) is 28.6 Å². The smallest absolute Gasteiger partial charge is 0.227 e. The lowest BCUT2D eigenvalue weighted by atomic mass is 10.0. The van der Waals surface area contributed by atoms with Crippen molar-refractivity contribution in [1.29, 1.82) is 0 Å². The monoisotopic (exact) mass is 441 g/mol. The summed E-state index contributed by atoms with van der Waals surface area (Å²) in [6.45, 7) is 15.9. The molecule has 2 unspecified atom stereocenters. The van der Waals surface area contributed by atoms with E-state index in [1.807, 2.05) is 26.3 Å². The van der Waals surface area contributed by atoms with Crippen molar-refractivity contribution in [3.05, 3.63) is 40.5 Å². The first-order valence-electron chi connectivity index (χ1n) is 10.6. The highest BCUT2D eigenvalue weighted by atomic mass is 32.1. The molecule has 2 atom stereocenters. The predicted octanol–water partition coefficient (Wildman–Crippen LogP) is 2.96.